The van der Waals surface area contributed by atoms with Crippen LogP contribution in [0.3, 0.4) is 0 Å². The number of benzene rings is 2. The normalized spacial score (nSPS) is 15.9. The second kappa shape index (κ2) is 7.17. The Morgan fingerprint density at radius 1 is 0.923 bits per heavy atom. The number of anilines is 1. The predicted octanol–water partition coefficient (Wildman–Crippen LogP) is 2.35. The fourth-order valence-corrected chi connectivity index (χ4v) is 3.25. The molecule has 2 aliphatic rings. The van der Waals surface area contributed by atoms with Gasteiger partial charge < -0.3 is 19.7 Å². The summed E-state index contributed by atoms with van der Waals surface area (Å²) in [6, 6.07) is 12.4. The van der Waals surface area contributed by atoms with Gasteiger partial charge in [0.1, 0.15) is 5.75 Å². The second-order valence-electron chi connectivity index (χ2n) is 6.32. The van der Waals surface area contributed by atoms with Gasteiger partial charge in [-0.05, 0) is 36.4 Å². The van der Waals surface area contributed by atoms with E-state index in [1.807, 2.05) is 18.2 Å². The van der Waals surface area contributed by atoms with E-state index in [0.29, 0.717) is 44.0 Å². The van der Waals surface area contributed by atoms with Crippen molar-refractivity contribution in [2.45, 2.75) is 6.42 Å². The Kier molecular flexibility index (Phi) is 4.58. The van der Waals surface area contributed by atoms with Gasteiger partial charge in [0.2, 0.25) is 0 Å². The molecule has 0 radical (unpaired) electrons. The molecule has 2 heterocycles. The van der Waals surface area contributed by atoms with Crippen LogP contribution in [-0.2, 0) is 11.2 Å². The van der Waals surface area contributed by atoms with E-state index in [9.17, 15) is 9.59 Å². The number of carbonyl (C=O) groups excluding carboxylic acids is 2. The maximum atomic E-state index is 12.5. The molecule has 2 aromatic carbocycles. The number of morpholine rings is 1. The Hall–Kier alpha value is -2.86. The SMILES string of the molecule is O=C(Nc1cccc2c1CCO2)c1ccc(C(=O)N2CCOCC2)cc1. The third-order valence-electron chi connectivity index (χ3n) is 4.68. The predicted molar refractivity (Wildman–Crippen MR) is 96.8 cm³/mol. The zero-order valence-electron chi connectivity index (χ0n) is 14.4. The summed E-state index contributed by atoms with van der Waals surface area (Å²) in [4.78, 5) is 26.8. The molecule has 2 aliphatic heterocycles. The quantitative estimate of drug-likeness (QED) is 0.921. The second-order valence-corrected chi connectivity index (χ2v) is 6.32. The molecule has 0 aromatic heterocycles. The summed E-state index contributed by atoms with van der Waals surface area (Å²) < 4.78 is 10.8. The maximum Gasteiger partial charge on any atom is 0.255 e. The van der Waals surface area contributed by atoms with E-state index < -0.39 is 0 Å². The van der Waals surface area contributed by atoms with Crippen molar-refractivity contribution in [3.05, 3.63) is 59.2 Å². The van der Waals surface area contributed by atoms with E-state index in [-0.39, 0.29) is 11.8 Å². The molecule has 2 aromatic rings. The highest BCUT2D eigenvalue weighted by Crippen LogP contribution is 2.31. The highest BCUT2D eigenvalue weighted by atomic mass is 16.5. The minimum Gasteiger partial charge on any atom is -0.493 e. The van der Waals surface area contributed by atoms with E-state index in [0.717, 1.165) is 23.4 Å². The van der Waals surface area contributed by atoms with Crippen LogP contribution in [0.5, 0.6) is 5.75 Å². The zero-order valence-corrected chi connectivity index (χ0v) is 14.4. The summed E-state index contributed by atoms with van der Waals surface area (Å²) in [5.74, 6) is 0.600. The van der Waals surface area contributed by atoms with Gasteiger partial charge in [-0.25, -0.2) is 0 Å². The molecule has 1 fully saturated rings. The van der Waals surface area contributed by atoms with Crippen LogP contribution in [0.1, 0.15) is 26.3 Å². The minimum atomic E-state index is -0.198. The summed E-state index contributed by atoms with van der Waals surface area (Å²) in [5, 5.41) is 2.94. The lowest BCUT2D eigenvalue weighted by atomic mass is 10.1. The van der Waals surface area contributed by atoms with Crippen LogP contribution >= 0.6 is 0 Å². The first-order chi connectivity index (χ1) is 12.7. The first-order valence-corrected chi connectivity index (χ1v) is 8.75. The number of carbonyl (C=O) groups is 2. The van der Waals surface area contributed by atoms with Gasteiger partial charge in [0, 0.05) is 41.9 Å². The zero-order chi connectivity index (χ0) is 17.9. The molecule has 0 spiro atoms. The molecule has 6 nitrogen and oxygen atoms in total. The summed E-state index contributed by atoms with van der Waals surface area (Å²) >= 11 is 0. The van der Waals surface area contributed by atoms with Crippen molar-refractivity contribution in [3.8, 4) is 5.75 Å². The van der Waals surface area contributed by atoms with E-state index in [2.05, 4.69) is 5.32 Å². The minimum absolute atomic E-state index is 0.0294. The lowest BCUT2D eigenvalue weighted by molar-refractivity contribution is 0.0303. The van der Waals surface area contributed by atoms with Crippen LogP contribution in [-0.4, -0.2) is 49.6 Å². The van der Waals surface area contributed by atoms with Crippen molar-refractivity contribution in [1.29, 1.82) is 0 Å². The molecule has 134 valence electrons. The molecule has 0 atom stereocenters. The molecule has 2 amide bonds. The van der Waals surface area contributed by atoms with Gasteiger partial charge in [0.05, 0.1) is 19.8 Å². The molecule has 0 bridgehead atoms. The van der Waals surface area contributed by atoms with Crippen LogP contribution in [0.25, 0.3) is 0 Å². The maximum absolute atomic E-state index is 12.5. The van der Waals surface area contributed by atoms with Crippen LogP contribution < -0.4 is 10.1 Å². The molecule has 0 aliphatic carbocycles. The van der Waals surface area contributed by atoms with E-state index in [4.69, 9.17) is 9.47 Å². The largest absolute Gasteiger partial charge is 0.493 e. The number of nitrogens with zero attached hydrogens (tertiary/aromatic N) is 1. The number of hydrogen-bond donors (Lipinski definition) is 1. The topological polar surface area (TPSA) is 67.9 Å². The molecule has 0 unspecified atom stereocenters. The van der Waals surface area contributed by atoms with Gasteiger partial charge in [-0.1, -0.05) is 6.07 Å². The number of fused-ring (bicyclic) bond motifs is 1. The summed E-state index contributed by atoms with van der Waals surface area (Å²) in [5.41, 5.74) is 2.90. The fraction of sp³-hybridized carbons (Fsp3) is 0.300. The lowest BCUT2D eigenvalue weighted by Crippen LogP contribution is -2.40. The highest BCUT2D eigenvalue weighted by Gasteiger charge is 2.20. The Morgan fingerprint density at radius 3 is 2.42 bits per heavy atom. The molecule has 0 saturated carbocycles. The molecule has 4 rings (SSSR count). The van der Waals surface area contributed by atoms with Gasteiger partial charge in [0.15, 0.2) is 0 Å². The monoisotopic (exact) mass is 352 g/mol. The average Bonchev–Trinajstić information content (AvgIpc) is 3.18. The summed E-state index contributed by atoms with van der Waals surface area (Å²) in [7, 11) is 0. The van der Waals surface area contributed by atoms with Gasteiger partial charge in [0.25, 0.3) is 11.8 Å². The molecular weight excluding hydrogens is 332 g/mol. The Balaban J connectivity index is 1.46. The number of nitrogens with one attached hydrogen (secondary N) is 1. The van der Waals surface area contributed by atoms with Crippen LogP contribution in [0, 0.1) is 0 Å². The van der Waals surface area contributed by atoms with E-state index in [1.54, 1.807) is 29.2 Å². The number of amides is 2. The number of rotatable bonds is 3. The van der Waals surface area contributed by atoms with Crippen molar-refractivity contribution >= 4 is 17.5 Å². The van der Waals surface area contributed by atoms with Crippen molar-refractivity contribution < 1.29 is 19.1 Å². The van der Waals surface area contributed by atoms with E-state index >= 15 is 0 Å². The Morgan fingerprint density at radius 2 is 1.65 bits per heavy atom. The fourth-order valence-electron chi connectivity index (χ4n) is 3.25. The number of hydrogen-bond acceptors (Lipinski definition) is 4. The van der Waals surface area contributed by atoms with Gasteiger partial charge in [-0.15, -0.1) is 0 Å². The first kappa shape index (κ1) is 16.6. The number of ether oxygens (including phenoxy) is 2. The van der Waals surface area contributed by atoms with Crippen molar-refractivity contribution in [2.24, 2.45) is 0 Å². The standard InChI is InChI=1S/C20H20N2O4/c23-19(21-17-2-1-3-18-16(17)8-11-26-18)14-4-6-15(7-5-14)20(24)22-9-12-25-13-10-22/h1-7H,8-13H2,(H,21,23). The highest BCUT2D eigenvalue weighted by molar-refractivity contribution is 6.05. The van der Waals surface area contributed by atoms with Gasteiger partial charge in [-0.2, -0.15) is 0 Å². The van der Waals surface area contributed by atoms with Crippen LogP contribution in [0.15, 0.2) is 42.5 Å². The summed E-state index contributed by atoms with van der Waals surface area (Å²) in [6.45, 7) is 2.97. The van der Waals surface area contributed by atoms with Gasteiger partial charge >= 0.3 is 0 Å². The molecule has 1 saturated heterocycles. The first-order valence-electron chi connectivity index (χ1n) is 8.75. The van der Waals surface area contributed by atoms with Crippen LogP contribution in [0.4, 0.5) is 5.69 Å². The molecule has 6 heteroatoms. The smallest absolute Gasteiger partial charge is 0.255 e. The average molecular weight is 352 g/mol. The summed E-state index contributed by atoms with van der Waals surface area (Å²) in [6.07, 6.45) is 0.790. The third-order valence-corrected chi connectivity index (χ3v) is 4.68. The lowest BCUT2D eigenvalue weighted by Gasteiger charge is -2.26. The van der Waals surface area contributed by atoms with Gasteiger partial charge in [-0.3, -0.25) is 9.59 Å². The molecular formula is C20H20N2O4. The van der Waals surface area contributed by atoms with Crippen molar-refractivity contribution in [3.63, 3.8) is 0 Å². The van der Waals surface area contributed by atoms with Crippen molar-refractivity contribution in [2.75, 3.05) is 38.2 Å². The Labute approximate surface area is 151 Å². The molecule has 26 heavy (non-hydrogen) atoms. The van der Waals surface area contributed by atoms with Crippen molar-refractivity contribution in [1.82, 2.24) is 4.90 Å². The van der Waals surface area contributed by atoms with Crippen LogP contribution in [0.2, 0.25) is 0 Å². The molecule has 1 N–H and O–H groups in total. The third kappa shape index (κ3) is 3.28. The Bertz CT molecular complexity index is 826. The van der Waals surface area contributed by atoms with E-state index in [1.165, 1.54) is 0 Å².